The Balaban J connectivity index is 2.60. The van der Waals surface area contributed by atoms with Gasteiger partial charge in [0.25, 0.3) is 5.91 Å². The number of nitrogens with zero attached hydrogens (tertiary/aromatic N) is 1. The van der Waals surface area contributed by atoms with E-state index in [2.05, 4.69) is 15.9 Å². The number of hydrogen-bond acceptors (Lipinski definition) is 3. The fourth-order valence-electron chi connectivity index (χ4n) is 1.36. The maximum atomic E-state index is 11.7. The van der Waals surface area contributed by atoms with Gasteiger partial charge in [-0.1, -0.05) is 27.5 Å². The topological polar surface area (TPSA) is 66.8 Å². The van der Waals surface area contributed by atoms with E-state index < -0.39 is 11.9 Å². The molecule has 1 rings (SSSR count). The molecule has 7 heteroatoms. The fourth-order valence-corrected chi connectivity index (χ4v) is 2.09. The second-order valence-corrected chi connectivity index (χ2v) is 4.99. The van der Waals surface area contributed by atoms with Gasteiger partial charge in [-0.2, -0.15) is 0 Å². The average Bonchev–Trinajstić information content (AvgIpc) is 2.34. The van der Waals surface area contributed by atoms with Crippen LogP contribution in [-0.2, 0) is 9.59 Å². The first kappa shape index (κ1) is 15.8. The summed E-state index contributed by atoms with van der Waals surface area (Å²) in [4.78, 5) is 23.5. The molecular formula is C12H13BrClNO4. The number of carboxylic acid groups (broad SMARTS) is 1. The van der Waals surface area contributed by atoms with E-state index in [1.54, 1.807) is 25.1 Å². The predicted molar refractivity (Wildman–Crippen MR) is 74.5 cm³/mol. The molecule has 0 unspecified atom stereocenters. The van der Waals surface area contributed by atoms with Crippen molar-refractivity contribution in [2.75, 3.05) is 19.7 Å². The zero-order valence-corrected chi connectivity index (χ0v) is 12.6. The molecule has 0 fully saturated rings. The molecule has 0 aliphatic rings. The Kier molecular flexibility index (Phi) is 6.11. The number of rotatable bonds is 6. The van der Waals surface area contributed by atoms with Crippen molar-refractivity contribution in [1.29, 1.82) is 0 Å². The lowest BCUT2D eigenvalue weighted by atomic mass is 10.3. The van der Waals surface area contributed by atoms with E-state index in [1.807, 2.05) is 0 Å². The monoisotopic (exact) mass is 349 g/mol. The first-order valence-corrected chi connectivity index (χ1v) is 6.68. The van der Waals surface area contributed by atoms with Crippen molar-refractivity contribution < 1.29 is 19.4 Å². The van der Waals surface area contributed by atoms with E-state index in [1.165, 1.54) is 4.90 Å². The van der Waals surface area contributed by atoms with E-state index in [0.29, 0.717) is 17.3 Å². The lowest BCUT2D eigenvalue weighted by Gasteiger charge is -2.18. The molecule has 0 aromatic heterocycles. The summed E-state index contributed by atoms with van der Waals surface area (Å²) in [7, 11) is 0. The van der Waals surface area contributed by atoms with Crippen molar-refractivity contribution in [2.45, 2.75) is 6.92 Å². The Morgan fingerprint density at radius 2 is 2.16 bits per heavy atom. The third kappa shape index (κ3) is 5.08. The lowest BCUT2D eigenvalue weighted by Crippen LogP contribution is -2.38. The third-order valence-corrected chi connectivity index (χ3v) is 3.09. The molecule has 5 nitrogen and oxygen atoms in total. The molecule has 0 saturated heterocycles. The van der Waals surface area contributed by atoms with Gasteiger partial charge in [-0.3, -0.25) is 9.59 Å². The SMILES string of the molecule is CCN(CC(=O)O)C(=O)COc1ccc(Br)cc1Cl. The highest BCUT2D eigenvalue weighted by molar-refractivity contribution is 9.10. The maximum absolute atomic E-state index is 11.7. The minimum atomic E-state index is -1.06. The van der Waals surface area contributed by atoms with Crippen molar-refractivity contribution in [3.8, 4) is 5.75 Å². The van der Waals surface area contributed by atoms with Crippen LogP contribution < -0.4 is 4.74 Å². The lowest BCUT2D eigenvalue weighted by molar-refractivity contribution is -0.145. The van der Waals surface area contributed by atoms with Gasteiger partial charge in [-0.15, -0.1) is 0 Å². The van der Waals surface area contributed by atoms with E-state index in [9.17, 15) is 9.59 Å². The Morgan fingerprint density at radius 1 is 1.47 bits per heavy atom. The number of benzene rings is 1. The van der Waals surface area contributed by atoms with Crippen LogP contribution in [0.4, 0.5) is 0 Å². The van der Waals surface area contributed by atoms with Crippen LogP contribution in [-0.4, -0.2) is 41.6 Å². The number of carbonyl (C=O) groups excluding carboxylic acids is 1. The summed E-state index contributed by atoms with van der Waals surface area (Å²) in [5, 5.41) is 9.04. The molecule has 0 radical (unpaired) electrons. The molecule has 0 heterocycles. The summed E-state index contributed by atoms with van der Waals surface area (Å²) in [5.41, 5.74) is 0. The molecule has 0 saturated carbocycles. The van der Waals surface area contributed by atoms with Crippen LogP contribution in [0.2, 0.25) is 5.02 Å². The Labute approximate surface area is 124 Å². The van der Waals surface area contributed by atoms with E-state index >= 15 is 0 Å². The summed E-state index contributed by atoms with van der Waals surface area (Å²) < 4.78 is 6.08. The molecule has 0 spiro atoms. The highest BCUT2D eigenvalue weighted by atomic mass is 79.9. The quantitative estimate of drug-likeness (QED) is 0.855. The van der Waals surface area contributed by atoms with Gasteiger partial charge >= 0.3 is 5.97 Å². The smallest absolute Gasteiger partial charge is 0.323 e. The van der Waals surface area contributed by atoms with Crippen molar-refractivity contribution in [1.82, 2.24) is 4.90 Å². The zero-order chi connectivity index (χ0) is 14.4. The highest BCUT2D eigenvalue weighted by Gasteiger charge is 2.16. The van der Waals surface area contributed by atoms with Gasteiger partial charge in [0, 0.05) is 11.0 Å². The molecule has 104 valence electrons. The van der Waals surface area contributed by atoms with E-state index in [0.717, 1.165) is 4.47 Å². The molecule has 1 aromatic carbocycles. The Hall–Kier alpha value is -1.27. The summed E-state index contributed by atoms with van der Waals surface area (Å²) in [6, 6.07) is 5.02. The first-order chi connectivity index (χ1) is 8.93. The molecular weight excluding hydrogens is 337 g/mol. The molecule has 1 aromatic rings. The van der Waals surface area contributed by atoms with Crippen molar-refractivity contribution in [2.24, 2.45) is 0 Å². The van der Waals surface area contributed by atoms with Crippen LogP contribution in [0.3, 0.4) is 0 Å². The summed E-state index contributed by atoms with van der Waals surface area (Å²) in [6.45, 7) is 1.42. The number of carboxylic acids is 1. The molecule has 0 aliphatic heterocycles. The number of ether oxygens (including phenoxy) is 1. The van der Waals surface area contributed by atoms with Crippen molar-refractivity contribution in [3.05, 3.63) is 27.7 Å². The van der Waals surface area contributed by atoms with E-state index in [4.69, 9.17) is 21.4 Å². The van der Waals surface area contributed by atoms with Crippen LogP contribution in [0.1, 0.15) is 6.92 Å². The predicted octanol–water partition coefficient (Wildman–Crippen LogP) is 2.41. The Bertz CT molecular complexity index is 481. The molecule has 19 heavy (non-hydrogen) atoms. The number of carbonyl (C=O) groups is 2. The van der Waals surface area contributed by atoms with Gasteiger partial charge in [-0.25, -0.2) is 0 Å². The number of aliphatic carboxylic acids is 1. The standard InChI is InChI=1S/C12H13BrClNO4/c1-2-15(6-12(17)18)11(16)7-19-10-4-3-8(13)5-9(10)14/h3-5H,2,6-7H2,1H3,(H,17,18). The fraction of sp³-hybridized carbons (Fsp3) is 0.333. The van der Waals surface area contributed by atoms with Gasteiger partial charge < -0.3 is 14.7 Å². The largest absolute Gasteiger partial charge is 0.482 e. The minimum absolute atomic E-state index is 0.248. The molecule has 1 amide bonds. The normalized spacial score (nSPS) is 10.1. The van der Waals surface area contributed by atoms with Gasteiger partial charge in [0.05, 0.1) is 5.02 Å². The summed E-state index contributed by atoms with van der Waals surface area (Å²) in [5.74, 6) is -1.08. The highest BCUT2D eigenvalue weighted by Crippen LogP contribution is 2.27. The summed E-state index contributed by atoms with van der Waals surface area (Å²) >= 11 is 9.19. The first-order valence-electron chi connectivity index (χ1n) is 5.51. The van der Waals surface area contributed by atoms with Gasteiger partial charge in [0.1, 0.15) is 12.3 Å². The zero-order valence-electron chi connectivity index (χ0n) is 10.2. The number of amides is 1. The Morgan fingerprint density at radius 3 is 2.68 bits per heavy atom. The maximum Gasteiger partial charge on any atom is 0.323 e. The minimum Gasteiger partial charge on any atom is -0.482 e. The van der Waals surface area contributed by atoms with E-state index in [-0.39, 0.29) is 13.2 Å². The van der Waals surface area contributed by atoms with Gasteiger partial charge in [0.15, 0.2) is 6.61 Å². The van der Waals surface area contributed by atoms with Gasteiger partial charge in [-0.05, 0) is 25.1 Å². The molecule has 0 aliphatic carbocycles. The van der Waals surface area contributed by atoms with Crippen molar-refractivity contribution in [3.63, 3.8) is 0 Å². The van der Waals surface area contributed by atoms with Crippen molar-refractivity contribution >= 4 is 39.4 Å². The second kappa shape index (κ2) is 7.35. The van der Waals surface area contributed by atoms with Crippen LogP contribution in [0, 0.1) is 0 Å². The number of hydrogen-bond donors (Lipinski definition) is 1. The van der Waals surface area contributed by atoms with Crippen LogP contribution >= 0.6 is 27.5 Å². The third-order valence-electron chi connectivity index (χ3n) is 2.31. The second-order valence-electron chi connectivity index (χ2n) is 3.67. The molecule has 0 bridgehead atoms. The molecule has 1 N–H and O–H groups in total. The van der Waals surface area contributed by atoms with Crippen LogP contribution in [0.5, 0.6) is 5.75 Å². The number of likely N-dealkylation sites (N-methyl/N-ethyl adjacent to an activating group) is 1. The number of halogens is 2. The van der Waals surface area contributed by atoms with Crippen LogP contribution in [0.15, 0.2) is 22.7 Å². The molecule has 0 atom stereocenters. The van der Waals surface area contributed by atoms with Crippen LogP contribution in [0.25, 0.3) is 0 Å². The van der Waals surface area contributed by atoms with Gasteiger partial charge in [0.2, 0.25) is 0 Å². The summed E-state index contributed by atoms with van der Waals surface area (Å²) in [6.07, 6.45) is 0. The average molecular weight is 351 g/mol.